The normalized spacial score (nSPS) is 10.4. The Hall–Kier alpha value is -2.01. The van der Waals surface area contributed by atoms with Crippen LogP contribution in [0.3, 0.4) is 0 Å². The molecule has 0 radical (unpaired) electrons. The van der Waals surface area contributed by atoms with Crippen LogP contribution in [-0.4, -0.2) is 15.6 Å². The zero-order valence-electron chi connectivity index (χ0n) is 10.6. The lowest BCUT2D eigenvalue weighted by molar-refractivity contribution is 0.479. The van der Waals surface area contributed by atoms with E-state index < -0.39 is 0 Å². The molecule has 0 unspecified atom stereocenters. The van der Waals surface area contributed by atoms with Gasteiger partial charge < -0.3 is 10.5 Å². The second kappa shape index (κ2) is 5.75. The molecule has 2 rings (SSSR count). The molecule has 1 aromatic carbocycles. The fourth-order valence-corrected chi connectivity index (χ4v) is 1.85. The lowest BCUT2D eigenvalue weighted by Gasteiger charge is -2.08. The van der Waals surface area contributed by atoms with Crippen LogP contribution >= 0.6 is 11.6 Å². The molecule has 6 heteroatoms. The minimum absolute atomic E-state index is 0.0848. The molecule has 19 heavy (non-hydrogen) atoms. The zero-order chi connectivity index (χ0) is 13.8. The number of aromatic nitrogens is 2. The van der Waals surface area contributed by atoms with Gasteiger partial charge in [-0.05, 0) is 24.6 Å². The number of hydrogen-bond donors (Lipinski definition) is 2. The first kappa shape index (κ1) is 13.4. The molecule has 0 aliphatic carbocycles. The Morgan fingerprint density at radius 3 is 3.00 bits per heavy atom. The third-order valence-corrected chi connectivity index (χ3v) is 2.76. The van der Waals surface area contributed by atoms with Crippen LogP contribution in [0.5, 0.6) is 11.5 Å². The van der Waals surface area contributed by atoms with Gasteiger partial charge in [0.2, 0.25) is 0 Å². The first-order valence-electron chi connectivity index (χ1n) is 5.94. The second-order valence-electron chi connectivity index (χ2n) is 4.10. The maximum absolute atomic E-state index is 7.53. The van der Waals surface area contributed by atoms with Crippen LogP contribution < -0.4 is 10.5 Å². The molecule has 1 aromatic heterocycles. The topological polar surface area (TPSA) is 76.9 Å². The van der Waals surface area contributed by atoms with Crippen molar-refractivity contribution in [2.24, 2.45) is 5.73 Å². The maximum atomic E-state index is 7.53. The molecule has 0 saturated heterocycles. The van der Waals surface area contributed by atoms with Gasteiger partial charge in [-0.2, -0.15) is 5.10 Å². The number of benzene rings is 1. The van der Waals surface area contributed by atoms with Crippen LogP contribution in [0.2, 0.25) is 5.02 Å². The molecule has 0 fully saturated rings. The summed E-state index contributed by atoms with van der Waals surface area (Å²) in [6.45, 7) is 2.92. The van der Waals surface area contributed by atoms with E-state index >= 15 is 0 Å². The largest absolute Gasteiger partial charge is 0.453 e. The molecule has 0 atom stereocenters. The number of ether oxygens (including phenoxy) is 1. The Bertz CT molecular complexity index is 594. The van der Waals surface area contributed by atoms with Gasteiger partial charge >= 0.3 is 0 Å². The molecule has 100 valence electrons. The highest BCUT2D eigenvalue weighted by atomic mass is 35.5. The number of halogens is 1. The van der Waals surface area contributed by atoms with Crippen molar-refractivity contribution in [1.82, 2.24) is 9.78 Å². The van der Waals surface area contributed by atoms with Gasteiger partial charge in [0.25, 0.3) is 0 Å². The average Bonchev–Trinajstić information content (AvgIpc) is 2.79. The summed E-state index contributed by atoms with van der Waals surface area (Å²) in [5.41, 5.74) is 5.98. The van der Waals surface area contributed by atoms with Gasteiger partial charge in [-0.3, -0.25) is 10.1 Å². The van der Waals surface area contributed by atoms with E-state index in [1.807, 2.05) is 6.20 Å². The summed E-state index contributed by atoms with van der Waals surface area (Å²) in [6, 6.07) is 4.99. The number of nitrogens with zero attached hydrogens (tertiary/aromatic N) is 2. The van der Waals surface area contributed by atoms with Crippen LogP contribution in [0, 0.1) is 5.41 Å². The summed E-state index contributed by atoms with van der Waals surface area (Å²) < 4.78 is 7.49. The molecule has 0 saturated carbocycles. The van der Waals surface area contributed by atoms with Crippen molar-refractivity contribution in [2.45, 2.75) is 19.9 Å². The molecule has 0 aliphatic heterocycles. The van der Waals surface area contributed by atoms with Crippen molar-refractivity contribution in [3.05, 3.63) is 41.2 Å². The maximum Gasteiger partial charge on any atom is 0.165 e. The number of nitrogens with two attached hydrogens (primary N) is 1. The minimum Gasteiger partial charge on any atom is -0.453 e. The summed E-state index contributed by atoms with van der Waals surface area (Å²) in [7, 11) is 0. The van der Waals surface area contributed by atoms with Crippen molar-refractivity contribution in [1.29, 1.82) is 5.41 Å². The zero-order valence-corrected chi connectivity index (χ0v) is 11.3. The number of hydrogen-bond acceptors (Lipinski definition) is 3. The lowest BCUT2D eigenvalue weighted by atomic mass is 10.2. The van der Waals surface area contributed by atoms with Crippen molar-refractivity contribution in [2.75, 3.05) is 0 Å². The van der Waals surface area contributed by atoms with Crippen LogP contribution in [0.4, 0.5) is 0 Å². The van der Waals surface area contributed by atoms with Crippen molar-refractivity contribution in [3.63, 3.8) is 0 Å². The highest BCUT2D eigenvalue weighted by molar-refractivity contribution is 6.31. The van der Waals surface area contributed by atoms with E-state index in [0.717, 1.165) is 13.0 Å². The fraction of sp³-hybridized carbons (Fsp3) is 0.231. The van der Waals surface area contributed by atoms with E-state index in [1.165, 1.54) is 0 Å². The lowest BCUT2D eigenvalue weighted by Crippen LogP contribution is -2.12. The van der Waals surface area contributed by atoms with Gasteiger partial charge in [0.1, 0.15) is 11.6 Å². The molecule has 0 bridgehead atoms. The summed E-state index contributed by atoms with van der Waals surface area (Å²) in [4.78, 5) is 0. The quantitative estimate of drug-likeness (QED) is 0.652. The Morgan fingerprint density at radius 1 is 1.53 bits per heavy atom. The first-order chi connectivity index (χ1) is 9.10. The third-order valence-electron chi connectivity index (χ3n) is 2.52. The van der Waals surface area contributed by atoms with E-state index in [9.17, 15) is 0 Å². The van der Waals surface area contributed by atoms with Crippen LogP contribution in [0.1, 0.15) is 18.9 Å². The number of aryl methyl sites for hydroxylation is 1. The molecule has 0 aliphatic rings. The fourth-order valence-electron chi connectivity index (χ4n) is 1.68. The van der Waals surface area contributed by atoms with E-state index in [0.29, 0.717) is 22.1 Å². The highest BCUT2D eigenvalue weighted by Gasteiger charge is 2.09. The Labute approximate surface area is 116 Å². The average molecular weight is 279 g/mol. The summed E-state index contributed by atoms with van der Waals surface area (Å²) in [6.07, 6.45) is 4.44. The number of rotatable bonds is 5. The van der Waals surface area contributed by atoms with Gasteiger partial charge in [-0.15, -0.1) is 0 Å². The van der Waals surface area contributed by atoms with Crippen molar-refractivity contribution < 1.29 is 4.74 Å². The standard InChI is InChI=1S/C13H15ClN4O/c1-2-5-18-8-10(7-17-18)19-12-4-3-9(14)6-11(12)13(15)16/h3-4,6-8H,2,5H2,1H3,(H3,15,16). The summed E-state index contributed by atoms with van der Waals surface area (Å²) in [5.74, 6) is 1.02. The summed E-state index contributed by atoms with van der Waals surface area (Å²) in [5, 5.41) is 12.2. The molecule has 0 spiro atoms. The van der Waals surface area contributed by atoms with Gasteiger partial charge in [0.15, 0.2) is 5.75 Å². The molecular weight excluding hydrogens is 264 g/mol. The van der Waals surface area contributed by atoms with Gasteiger partial charge in [-0.1, -0.05) is 18.5 Å². The van der Waals surface area contributed by atoms with Crippen molar-refractivity contribution in [3.8, 4) is 11.5 Å². The molecule has 5 nitrogen and oxygen atoms in total. The van der Waals surface area contributed by atoms with Crippen LogP contribution in [0.25, 0.3) is 0 Å². The molecular formula is C13H15ClN4O. The highest BCUT2D eigenvalue weighted by Crippen LogP contribution is 2.27. The summed E-state index contributed by atoms with van der Waals surface area (Å²) >= 11 is 5.88. The van der Waals surface area contributed by atoms with E-state index in [4.69, 9.17) is 27.5 Å². The van der Waals surface area contributed by atoms with Gasteiger partial charge in [0.05, 0.1) is 18.0 Å². The first-order valence-corrected chi connectivity index (χ1v) is 6.32. The molecule has 3 N–H and O–H groups in total. The number of amidine groups is 1. The van der Waals surface area contributed by atoms with E-state index in [-0.39, 0.29) is 5.84 Å². The number of nitrogen functional groups attached to an aromatic ring is 1. The van der Waals surface area contributed by atoms with E-state index in [1.54, 1.807) is 29.1 Å². The Kier molecular flexibility index (Phi) is 4.06. The monoisotopic (exact) mass is 278 g/mol. The number of nitrogens with one attached hydrogen (secondary N) is 1. The SMILES string of the molecule is CCCn1cc(Oc2ccc(Cl)cc2C(=N)N)cn1. The predicted octanol–water partition coefficient (Wildman–Crippen LogP) is 3.02. The smallest absolute Gasteiger partial charge is 0.165 e. The van der Waals surface area contributed by atoms with E-state index in [2.05, 4.69) is 12.0 Å². The van der Waals surface area contributed by atoms with Gasteiger partial charge in [-0.25, -0.2) is 0 Å². The minimum atomic E-state index is -0.0848. The van der Waals surface area contributed by atoms with Crippen molar-refractivity contribution >= 4 is 17.4 Å². The van der Waals surface area contributed by atoms with Crippen LogP contribution in [-0.2, 0) is 6.54 Å². The molecule has 1 heterocycles. The predicted molar refractivity (Wildman–Crippen MR) is 75.1 cm³/mol. The second-order valence-corrected chi connectivity index (χ2v) is 4.53. The van der Waals surface area contributed by atoms with Gasteiger partial charge in [0, 0.05) is 11.6 Å². The van der Waals surface area contributed by atoms with Crippen LogP contribution in [0.15, 0.2) is 30.6 Å². The third kappa shape index (κ3) is 3.26. The Morgan fingerprint density at radius 2 is 2.32 bits per heavy atom. The molecule has 2 aromatic rings. The molecule has 0 amide bonds. The Balaban J connectivity index is 2.24.